The number of carbonyl (C=O) groups is 3. The summed E-state index contributed by atoms with van der Waals surface area (Å²) in [4.78, 5) is 81.1. The zero-order valence-corrected chi connectivity index (χ0v) is 41.5. The predicted molar refractivity (Wildman–Crippen MR) is 259 cm³/mol. The van der Waals surface area contributed by atoms with Crippen molar-refractivity contribution in [1.82, 2.24) is 19.0 Å². The summed E-state index contributed by atoms with van der Waals surface area (Å²) in [7, 11) is 0. The van der Waals surface area contributed by atoms with Crippen LogP contribution in [-0.2, 0) is 57.7 Å². The SMILES string of the molecule is CCCNC(=S)OC(CSC(=O)CCC)Cn1c(=O)n(CC(CSC(=O)CCC)OC(=S)CC)c(=O)n(CC(CSC(=O)CCC)OC(=S)CCCOCCOCCC)c1=O. The van der Waals surface area contributed by atoms with E-state index in [4.69, 9.17) is 60.3 Å². The Labute approximate surface area is 389 Å². The average Bonchev–Trinajstić information content (AvgIpc) is 3.22. The molecule has 21 heteroatoms. The second-order valence-electron chi connectivity index (χ2n) is 13.8. The molecular weight excluding hydrogens is 905 g/mol. The summed E-state index contributed by atoms with van der Waals surface area (Å²) in [6.07, 6.45) is 2.97. The van der Waals surface area contributed by atoms with E-state index >= 15 is 0 Å². The Kier molecular flexibility index (Phi) is 32.0. The molecule has 0 aliphatic rings. The van der Waals surface area contributed by atoms with Crippen LogP contribution in [0.5, 0.6) is 0 Å². The number of carbonyl (C=O) groups excluding carboxylic acids is 3. The molecule has 0 amide bonds. The molecule has 1 aromatic rings. The van der Waals surface area contributed by atoms with E-state index in [0.29, 0.717) is 90.8 Å². The van der Waals surface area contributed by atoms with Crippen molar-refractivity contribution in [1.29, 1.82) is 0 Å². The molecule has 15 nitrogen and oxygen atoms in total. The van der Waals surface area contributed by atoms with Gasteiger partial charge in [0.15, 0.2) is 25.4 Å². The molecule has 0 fully saturated rings. The third kappa shape index (κ3) is 24.5. The van der Waals surface area contributed by atoms with Gasteiger partial charge >= 0.3 is 17.1 Å². The Morgan fingerprint density at radius 3 is 1.34 bits per heavy atom. The Morgan fingerprint density at radius 2 is 0.951 bits per heavy atom. The van der Waals surface area contributed by atoms with Crippen LogP contribution in [0.25, 0.3) is 0 Å². The van der Waals surface area contributed by atoms with E-state index < -0.39 is 35.4 Å². The van der Waals surface area contributed by atoms with Crippen LogP contribution in [0.2, 0.25) is 0 Å². The van der Waals surface area contributed by atoms with Crippen LogP contribution in [0.1, 0.15) is 112 Å². The van der Waals surface area contributed by atoms with Crippen molar-refractivity contribution in [3.63, 3.8) is 0 Å². The van der Waals surface area contributed by atoms with E-state index in [2.05, 4.69) is 5.32 Å². The first kappa shape index (κ1) is 56.9. The number of ether oxygens (including phenoxy) is 5. The number of aromatic nitrogens is 3. The Bertz CT molecular complexity index is 1700. The van der Waals surface area contributed by atoms with Crippen molar-refractivity contribution >= 4 is 103 Å². The van der Waals surface area contributed by atoms with Crippen molar-refractivity contribution in [2.24, 2.45) is 0 Å². The molecule has 1 N–H and O–H groups in total. The summed E-state index contributed by atoms with van der Waals surface area (Å²) in [5.41, 5.74) is -2.88. The van der Waals surface area contributed by atoms with E-state index in [1.165, 1.54) is 0 Å². The van der Waals surface area contributed by atoms with Gasteiger partial charge in [-0.3, -0.25) is 14.4 Å². The first-order chi connectivity index (χ1) is 29.2. The highest BCUT2D eigenvalue weighted by atomic mass is 32.2. The molecule has 348 valence electrons. The maximum absolute atomic E-state index is 14.4. The van der Waals surface area contributed by atoms with Crippen LogP contribution in [0.15, 0.2) is 14.4 Å². The van der Waals surface area contributed by atoms with Crippen molar-refractivity contribution < 1.29 is 38.1 Å². The van der Waals surface area contributed by atoms with E-state index in [0.717, 1.165) is 61.8 Å². The molecule has 0 radical (unpaired) electrons. The molecule has 3 atom stereocenters. The minimum absolute atomic E-state index is 0.0263. The van der Waals surface area contributed by atoms with Gasteiger partial charge < -0.3 is 29.0 Å². The van der Waals surface area contributed by atoms with Crippen molar-refractivity contribution in [3.05, 3.63) is 31.5 Å². The average molecular weight is 971 g/mol. The maximum atomic E-state index is 14.4. The second-order valence-corrected chi connectivity index (χ2v) is 18.4. The summed E-state index contributed by atoms with van der Waals surface area (Å²) in [6, 6.07) is 0. The fourth-order valence-electron chi connectivity index (χ4n) is 5.24. The Morgan fingerprint density at radius 1 is 0.541 bits per heavy atom. The van der Waals surface area contributed by atoms with Gasteiger partial charge in [0.25, 0.3) is 5.17 Å². The van der Waals surface area contributed by atoms with Crippen molar-refractivity contribution in [2.75, 3.05) is 50.2 Å². The van der Waals surface area contributed by atoms with E-state index in [1.807, 2.05) is 34.6 Å². The molecule has 1 aromatic heterocycles. The quantitative estimate of drug-likeness (QED) is 0.0633. The molecular formula is C40H66N4O11S6. The zero-order chi connectivity index (χ0) is 45.6. The van der Waals surface area contributed by atoms with E-state index in [-0.39, 0.29) is 67.5 Å². The maximum Gasteiger partial charge on any atom is 0.336 e. The molecule has 1 rings (SSSR count). The number of hydrogen-bond acceptors (Lipinski definition) is 17. The number of hydrogen-bond donors (Lipinski definition) is 1. The lowest BCUT2D eigenvalue weighted by Crippen LogP contribution is -2.58. The van der Waals surface area contributed by atoms with Gasteiger partial charge in [-0.2, -0.15) is 0 Å². The van der Waals surface area contributed by atoms with Crippen molar-refractivity contribution in [2.45, 2.75) is 150 Å². The molecule has 0 saturated carbocycles. The van der Waals surface area contributed by atoms with Crippen LogP contribution < -0.4 is 22.4 Å². The summed E-state index contributed by atoms with van der Waals surface area (Å²) in [6.45, 7) is 12.8. The monoisotopic (exact) mass is 970 g/mol. The summed E-state index contributed by atoms with van der Waals surface area (Å²) >= 11 is 19.4. The Hall–Kier alpha value is -2.14. The fraction of sp³-hybridized carbons (Fsp3) is 0.775. The first-order valence-electron chi connectivity index (χ1n) is 21.1. The summed E-state index contributed by atoms with van der Waals surface area (Å²) < 4.78 is 31.9. The molecule has 0 aliphatic heterocycles. The molecule has 0 saturated heterocycles. The molecule has 1 heterocycles. The highest BCUT2D eigenvalue weighted by molar-refractivity contribution is 8.14. The normalized spacial score (nSPS) is 12.6. The molecule has 61 heavy (non-hydrogen) atoms. The van der Waals surface area contributed by atoms with Gasteiger partial charge in [-0.05, 0) is 75.2 Å². The number of thioether (sulfide) groups is 3. The molecule has 3 unspecified atom stereocenters. The number of nitrogens with zero attached hydrogens (tertiary/aromatic N) is 3. The second kappa shape index (κ2) is 34.3. The predicted octanol–water partition coefficient (Wildman–Crippen LogP) is 6.08. The lowest BCUT2D eigenvalue weighted by atomic mass is 10.3. The van der Waals surface area contributed by atoms with Crippen LogP contribution in [0.3, 0.4) is 0 Å². The highest BCUT2D eigenvalue weighted by Crippen LogP contribution is 2.16. The number of thiocarbonyl (C=S) groups is 3. The number of rotatable bonds is 33. The van der Waals surface area contributed by atoms with Crippen LogP contribution >= 0.6 is 71.9 Å². The largest absolute Gasteiger partial charge is 0.481 e. The topological polar surface area (TPSA) is 175 Å². The summed E-state index contributed by atoms with van der Waals surface area (Å²) in [5.74, 6) is 0.187. The summed E-state index contributed by atoms with van der Waals surface area (Å²) in [5, 5.41) is 3.13. The highest BCUT2D eigenvalue weighted by Gasteiger charge is 2.27. The van der Waals surface area contributed by atoms with E-state index in [9.17, 15) is 28.8 Å². The standard InChI is InChI=1S/C40H66N4O11S6/c1-7-14-32(45)59-26-29(53-35(56)12-6)23-42-38(48)43(24-30(27-60-33(46)15-8-2)54-36(57)17-13-20-52-22-21-51-19-11-5)40(50)44(39(42)49)25-31(28-61-34(47)16-9-3)55-37(58)41-18-10-4/h29-31H,7-28H2,1-6H3,(H,41,58). The number of nitrogens with one attached hydrogen (secondary N) is 1. The third-order valence-corrected chi connectivity index (χ3v) is 12.4. The lowest BCUT2D eigenvalue weighted by Gasteiger charge is -2.24. The minimum atomic E-state index is -0.964. The zero-order valence-electron chi connectivity index (χ0n) is 36.6. The molecule has 0 aromatic carbocycles. The first-order valence-corrected chi connectivity index (χ1v) is 25.3. The van der Waals surface area contributed by atoms with Gasteiger partial charge in [0.1, 0.15) is 18.3 Å². The van der Waals surface area contributed by atoms with Gasteiger partial charge in [0, 0.05) is 69.1 Å². The minimum Gasteiger partial charge on any atom is -0.481 e. The molecule has 0 bridgehead atoms. The lowest BCUT2D eigenvalue weighted by molar-refractivity contribution is -0.111. The molecule has 0 aliphatic carbocycles. The van der Waals surface area contributed by atoms with Gasteiger partial charge in [0.2, 0.25) is 0 Å². The van der Waals surface area contributed by atoms with Gasteiger partial charge in [-0.25, -0.2) is 28.1 Å². The Balaban J connectivity index is 3.80. The van der Waals surface area contributed by atoms with Gasteiger partial charge in [-0.15, -0.1) is 0 Å². The van der Waals surface area contributed by atoms with Crippen molar-refractivity contribution in [3.8, 4) is 0 Å². The van der Waals surface area contributed by atoms with Crippen LogP contribution in [-0.4, -0.2) is 113 Å². The smallest absolute Gasteiger partial charge is 0.336 e. The van der Waals surface area contributed by atoms with Gasteiger partial charge in [-0.1, -0.05) is 76.8 Å². The van der Waals surface area contributed by atoms with Gasteiger partial charge in [0.05, 0.1) is 32.8 Å². The van der Waals surface area contributed by atoms with Crippen LogP contribution in [0, 0.1) is 0 Å². The van der Waals surface area contributed by atoms with Crippen LogP contribution in [0.4, 0.5) is 0 Å². The fourth-order valence-corrected chi connectivity index (χ4v) is 8.58. The third-order valence-electron chi connectivity index (χ3n) is 8.27. The van der Waals surface area contributed by atoms with E-state index in [1.54, 1.807) is 6.92 Å². The molecule has 0 spiro atoms.